The van der Waals surface area contributed by atoms with Crippen LogP contribution >= 0.6 is 0 Å². The van der Waals surface area contributed by atoms with Crippen molar-refractivity contribution in [3.05, 3.63) is 34.4 Å². The minimum Gasteiger partial charge on any atom is -0.508 e. The molecular weight excluding hydrogens is 236 g/mol. The van der Waals surface area contributed by atoms with Crippen LogP contribution in [0.5, 0.6) is 11.5 Å². The van der Waals surface area contributed by atoms with Gasteiger partial charge in [-0.2, -0.15) is 0 Å². The monoisotopic (exact) mass is 262 g/mol. The van der Waals surface area contributed by atoms with Crippen LogP contribution in [-0.4, -0.2) is 10.2 Å². The van der Waals surface area contributed by atoms with E-state index in [4.69, 9.17) is 0 Å². The minimum atomic E-state index is -0.292. The molecule has 0 atom stereocenters. The zero-order chi connectivity index (χ0) is 14.8. The summed E-state index contributed by atoms with van der Waals surface area (Å²) in [5, 5.41) is 20.3. The Morgan fingerprint density at radius 1 is 1.21 bits per heavy atom. The smallest absolute Gasteiger partial charge is 0.123 e. The standard InChI is InChI=1S/C17H26O2/c1-7-8-11(2)10-17(5,6)14-9-15(18)12(3)13(4)16(14)19/h9-10,18-19H,7-8H2,1-6H3/b11-10+. The lowest BCUT2D eigenvalue weighted by Crippen LogP contribution is -2.15. The molecule has 0 bridgehead atoms. The second kappa shape index (κ2) is 5.68. The third kappa shape index (κ3) is 3.31. The summed E-state index contributed by atoms with van der Waals surface area (Å²) < 4.78 is 0. The SMILES string of the molecule is CCC/C(C)=C/C(C)(C)c1cc(O)c(C)c(C)c1O. The first-order valence-corrected chi connectivity index (χ1v) is 6.91. The van der Waals surface area contributed by atoms with Gasteiger partial charge in [-0.15, -0.1) is 0 Å². The van der Waals surface area contributed by atoms with E-state index in [1.54, 1.807) is 6.07 Å². The molecule has 1 rings (SSSR count). The van der Waals surface area contributed by atoms with Crippen molar-refractivity contribution < 1.29 is 10.2 Å². The second-order valence-electron chi connectivity index (χ2n) is 6.00. The van der Waals surface area contributed by atoms with Crippen molar-refractivity contribution in [2.45, 2.75) is 59.8 Å². The molecule has 2 nitrogen and oxygen atoms in total. The molecular formula is C17H26O2. The van der Waals surface area contributed by atoms with E-state index in [1.807, 2.05) is 13.8 Å². The van der Waals surface area contributed by atoms with Gasteiger partial charge in [0.05, 0.1) is 0 Å². The number of rotatable bonds is 4. The maximum atomic E-state index is 10.3. The summed E-state index contributed by atoms with van der Waals surface area (Å²) in [4.78, 5) is 0. The van der Waals surface area contributed by atoms with Gasteiger partial charge in [-0.05, 0) is 44.4 Å². The van der Waals surface area contributed by atoms with Crippen LogP contribution in [0.4, 0.5) is 0 Å². The lowest BCUT2D eigenvalue weighted by Gasteiger charge is -2.25. The Labute approximate surface area is 116 Å². The van der Waals surface area contributed by atoms with Crippen LogP contribution in [0.2, 0.25) is 0 Å². The normalized spacial score (nSPS) is 12.8. The van der Waals surface area contributed by atoms with Crippen LogP contribution < -0.4 is 0 Å². The van der Waals surface area contributed by atoms with Gasteiger partial charge < -0.3 is 10.2 Å². The van der Waals surface area contributed by atoms with E-state index in [-0.39, 0.29) is 11.2 Å². The summed E-state index contributed by atoms with van der Waals surface area (Å²) in [5.41, 5.74) is 3.29. The molecule has 0 saturated heterocycles. The Bertz CT molecular complexity index is 496. The number of allylic oxidation sites excluding steroid dienone is 2. The Morgan fingerprint density at radius 3 is 2.32 bits per heavy atom. The molecule has 106 valence electrons. The first-order chi connectivity index (χ1) is 8.70. The van der Waals surface area contributed by atoms with Crippen LogP contribution in [-0.2, 0) is 5.41 Å². The van der Waals surface area contributed by atoms with Gasteiger partial charge in [-0.25, -0.2) is 0 Å². The van der Waals surface area contributed by atoms with Gasteiger partial charge in [-0.1, -0.05) is 38.8 Å². The van der Waals surface area contributed by atoms with Crippen LogP contribution in [0.25, 0.3) is 0 Å². The third-order valence-corrected chi connectivity index (χ3v) is 3.78. The largest absolute Gasteiger partial charge is 0.508 e. The molecule has 2 N–H and O–H groups in total. The number of benzene rings is 1. The van der Waals surface area contributed by atoms with E-state index in [2.05, 4.69) is 33.8 Å². The lowest BCUT2D eigenvalue weighted by molar-refractivity contribution is 0.436. The van der Waals surface area contributed by atoms with Crippen LogP contribution in [0.3, 0.4) is 0 Å². The molecule has 0 unspecified atom stereocenters. The van der Waals surface area contributed by atoms with E-state index in [0.29, 0.717) is 5.75 Å². The summed E-state index contributed by atoms with van der Waals surface area (Å²) in [6.07, 6.45) is 4.35. The topological polar surface area (TPSA) is 40.5 Å². The summed E-state index contributed by atoms with van der Waals surface area (Å²) >= 11 is 0. The Balaban J connectivity index is 3.33. The summed E-state index contributed by atoms with van der Waals surface area (Å²) in [6.45, 7) is 12.1. The van der Waals surface area contributed by atoms with Gasteiger partial charge in [0.2, 0.25) is 0 Å². The van der Waals surface area contributed by atoms with E-state index in [9.17, 15) is 10.2 Å². The first-order valence-electron chi connectivity index (χ1n) is 6.91. The average Bonchev–Trinajstić information content (AvgIpc) is 2.30. The fraction of sp³-hybridized carbons (Fsp3) is 0.529. The number of aromatic hydroxyl groups is 2. The summed E-state index contributed by atoms with van der Waals surface area (Å²) in [7, 11) is 0. The van der Waals surface area contributed by atoms with Gasteiger partial charge in [0.15, 0.2) is 0 Å². The van der Waals surface area contributed by atoms with Crippen molar-refractivity contribution in [3.8, 4) is 11.5 Å². The molecule has 1 aromatic carbocycles. The number of hydrogen-bond donors (Lipinski definition) is 2. The zero-order valence-electron chi connectivity index (χ0n) is 13.0. The van der Waals surface area contributed by atoms with Gasteiger partial charge >= 0.3 is 0 Å². The predicted octanol–water partition coefficient (Wildman–Crippen LogP) is 4.74. The zero-order valence-corrected chi connectivity index (χ0v) is 13.0. The van der Waals surface area contributed by atoms with Crippen molar-refractivity contribution in [2.24, 2.45) is 0 Å². The highest BCUT2D eigenvalue weighted by atomic mass is 16.3. The third-order valence-electron chi connectivity index (χ3n) is 3.78. The molecule has 1 aromatic rings. The molecule has 2 heteroatoms. The maximum absolute atomic E-state index is 10.3. The van der Waals surface area contributed by atoms with Crippen molar-refractivity contribution >= 4 is 0 Å². The highest BCUT2D eigenvalue weighted by Crippen LogP contribution is 2.40. The molecule has 19 heavy (non-hydrogen) atoms. The van der Waals surface area contributed by atoms with E-state index >= 15 is 0 Å². The number of hydrogen-bond acceptors (Lipinski definition) is 2. The second-order valence-corrected chi connectivity index (χ2v) is 6.00. The van der Waals surface area contributed by atoms with Gasteiger partial charge in [-0.3, -0.25) is 0 Å². The fourth-order valence-electron chi connectivity index (χ4n) is 2.54. The highest BCUT2D eigenvalue weighted by molar-refractivity contribution is 5.54. The summed E-state index contributed by atoms with van der Waals surface area (Å²) in [5.74, 6) is 0.542. The molecule has 0 saturated carbocycles. The first kappa shape index (κ1) is 15.6. The van der Waals surface area contributed by atoms with Crippen LogP contribution in [0.15, 0.2) is 17.7 Å². The molecule has 0 aromatic heterocycles. The Hall–Kier alpha value is -1.44. The van der Waals surface area contributed by atoms with Gasteiger partial charge in [0, 0.05) is 11.0 Å². The molecule has 0 amide bonds. The lowest BCUT2D eigenvalue weighted by atomic mass is 9.80. The van der Waals surface area contributed by atoms with Crippen LogP contribution in [0, 0.1) is 13.8 Å². The molecule has 0 radical (unpaired) electrons. The van der Waals surface area contributed by atoms with Gasteiger partial charge in [0.1, 0.15) is 11.5 Å². The van der Waals surface area contributed by atoms with Crippen LogP contribution in [0.1, 0.15) is 57.2 Å². The molecule has 0 aliphatic heterocycles. The van der Waals surface area contributed by atoms with Crippen molar-refractivity contribution in [3.63, 3.8) is 0 Å². The minimum absolute atomic E-state index is 0.250. The molecule has 0 aliphatic rings. The number of phenolic OH excluding ortho intramolecular Hbond substituents is 2. The molecule has 0 spiro atoms. The van der Waals surface area contributed by atoms with Crippen molar-refractivity contribution in [2.75, 3.05) is 0 Å². The maximum Gasteiger partial charge on any atom is 0.123 e. The van der Waals surface area contributed by atoms with E-state index in [1.165, 1.54) is 5.57 Å². The fourth-order valence-corrected chi connectivity index (χ4v) is 2.54. The quantitative estimate of drug-likeness (QED) is 0.608. The van der Waals surface area contributed by atoms with Crippen molar-refractivity contribution in [1.82, 2.24) is 0 Å². The molecule has 0 fully saturated rings. The molecule has 0 aliphatic carbocycles. The van der Waals surface area contributed by atoms with Crippen molar-refractivity contribution in [1.29, 1.82) is 0 Å². The molecule has 0 heterocycles. The predicted molar refractivity (Wildman–Crippen MR) is 80.9 cm³/mol. The van der Waals surface area contributed by atoms with Gasteiger partial charge in [0.25, 0.3) is 0 Å². The highest BCUT2D eigenvalue weighted by Gasteiger charge is 2.24. The average molecular weight is 262 g/mol. The van der Waals surface area contributed by atoms with E-state index < -0.39 is 0 Å². The summed E-state index contributed by atoms with van der Waals surface area (Å²) in [6, 6.07) is 1.69. The number of phenols is 2. The Kier molecular flexibility index (Phi) is 4.67. The van der Waals surface area contributed by atoms with E-state index in [0.717, 1.165) is 29.5 Å². The Morgan fingerprint density at radius 2 is 1.79 bits per heavy atom.